The number of rotatable bonds is 4. The van der Waals surface area contributed by atoms with Crippen LogP contribution in [0.15, 0.2) is 36.4 Å². The van der Waals surface area contributed by atoms with Gasteiger partial charge in [-0.1, -0.05) is 11.6 Å². The lowest BCUT2D eigenvalue weighted by atomic mass is 10.1. The molecule has 1 aromatic heterocycles. The third-order valence-corrected chi connectivity index (χ3v) is 4.05. The second kappa shape index (κ2) is 7.39. The molecule has 0 spiro atoms. The van der Waals surface area contributed by atoms with Crippen LogP contribution in [0.2, 0.25) is 5.15 Å². The van der Waals surface area contributed by atoms with Crippen molar-refractivity contribution < 1.29 is 17.9 Å². The van der Waals surface area contributed by atoms with E-state index >= 15 is 0 Å². The fraction of sp³-hybridized carbons (Fsp3) is 0.353. The van der Waals surface area contributed by atoms with Crippen LogP contribution in [0.5, 0.6) is 5.75 Å². The molecule has 134 valence electrons. The van der Waals surface area contributed by atoms with E-state index in [1.165, 1.54) is 30.7 Å². The third kappa shape index (κ3) is 5.16. The van der Waals surface area contributed by atoms with Gasteiger partial charge in [0.25, 0.3) is 0 Å². The molecule has 0 saturated carbocycles. The topological polar surface area (TPSA) is 37.4 Å². The highest BCUT2D eigenvalue weighted by molar-refractivity contribution is 6.29. The van der Waals surface area contributed by atoms with Crippen molar-refractivity contribution in [1.29, 1.82) is 0 Å². The second-order valence-corrected chi connectivity index (χ2v) is 6.17. The summed E-state index contributed by atoms with van der Waals surface area (Å²) in [6.07, 6.45) is -1.19. The molecular formula is C17H17ClF3N3O. The van der Waals surface area contributed by atoms with Crippen LogP contribution in [-0.2, 0) is 0 Å². The fourth-order valence-corrected chi connectivity index (χ4v) is 2.97. The molecule has 2 heterocycles. The summed E-state index contributed by atoms with van der Waals surface area (Å²) >= 11 is 6.11. The van der Waals surface area contributed by atoms with Gasteiger partial charge in [-0.25, -0.2) is 4.98 Å². The highest BCUT2D eigenvalue weighted by Gasteiger charge is 2.30. The number of alkyl halides is 3. The molecule has 1 aliphatic heterocycles. The van der Waals surface area contributed by atoms with Gasteiger partial charge < -0.3 is 15.0 Å². The summed E-state index contributed by atoms with van der Waals surface area (Å²) in [4.78, 5) is 6.47. The minimum Gasteiger partial charge on any atom is -0.406 e. The maximum Gasteiger partial charge on any atom is 0.573 e. The van der Waals surface area contributed by atoms with Crippen molar-refractivity contribution in [3.8, 4) is 5.75 Å². The van der Waals surface area contributed by atoms with E-state index in [1.807, 2.05) is 12.1 Å². The molecule has 1 aromatic carbocycles. The van der Waals surface area contributed by atoms with Crippen LogP contribution in [0.4, 0.5) is 30.4 Å². The van der Waals surface area contributed by atoms with Crippen LogP contribution in [0, 0.1) is 0 Å². The first-order chi connectivity index (χ1) is 11.9. The molecular weight excluding hydrogens is 355 g/mol. The van der Waals surface area contributed by atoms with Crippen LogP contribution in [-0.4, -0.2) is 24.4 Å². The Morgan fingerprint density at radius 2 is 1.72 bits per heavy atom. The first-order valence-electron chi connectivity index (χ1n) is 7.94. The molecule has 1 fully saturated rings. The van der Waals surface area contributed by atoms with Crippen molar-refractivity contribution in [2.24, 2.45) is 0 Å². The number of nitrogens with one attached hydrogen (secondary N) is 1. The molecule has 1 saturated heterocycles. The summed E-state index contributed by atoms with van der Waals surface area (Å²) in [5.41, 5.74) is 1.58. The summed E-state index contributed by atoms with van der Waals surface area (Å²) < 4.78 is 40.4. The molecule has 1 aliphatic rings. The fourth-order valence-electron chi connectivity index (χ4n) is 2.77. The van der Waals surface area contributed by atoms with Crippen LogP contribution in [0.1, 0.15) is 19.3 Å². The molecule has 4 nitrogen and oxygen atoms in total. The minimum absolute atomic E-state index is 0.272. The number of benzene rings is 1. The van der Waals surface area contributed by atoms with E-state index in [9.17, 15) is 13.2 Å². The first-order valence-corrected chi connectivity index (χ1v) is 8.32. The average molecular weight is 372 g/mol. The normalized spacial score (nSPS) is 15.1. The zero-order chi connectivity index (χ0) is 17.9. The Morgan fingerprint density at radius 1 is 1.04 bits per heavy atom. The number of piperidine rings is 1. The predicted molar refractivity (Wildman–Crippen MR) is 91.7 cm³/mol. The lowest BCUT2D eigenvalue weighted by Crippen LogP contribution is -2.29. The average Bonchev–Trinajstić information content (AvgIpc) is 2.56. The summed E-state index contributed by atoms with van der Waals surface area (Å²) in [7, 11) is 0. The summed E-state index contributed by atoms with van der Waals surface area (Å²) in [5.74, 6) is 0.267. The molecule has 0 radical (unpaired) electrons. The smallest absolute Gasteiger partial charge is 0.406 e. The Labute approximate surface area is 148 Å². The van der Waals surface area contributed by atoms with Gasteiger partial charge >= 0.3 is 6.36 Å². The number of halogens is 4. The van der Waals surface area contributed by atoms with E-state index in [2.05, 4.69) is 19.9 Å². The van der Waals surface area contributed by atoms with Crippen LogP contribution in [0.25, 0.3) is 0 Å². The Hall–Kier alpha value is -2.15. The Morgan fingerprint density at radius 3 is 2.36 bits per heavy atom. The molecule has 2 aromatic rings. The Bertz CT molecular complexity index is 716. The van der Waals surface area contributed by atoms with Crippen molar-refractivity contribution in [2.45, 2.75) is 25.6 Å². The quantitative estimate of drug-likeness (QED) is 0.733. The van der Waals surface area contributed by atoms with Crippen molar-refractivity contribution in [3.05, 3.63) is 41.6 Å². The third-order valence-electron chi connectivity index (χ3n) is 3.86. The number of hydrogen-bond donors (Lipinski definition) is 1. The molecule has 0 aliphatic carbocycles. The van der Waals surface area contributed by atoms with E-state index in [0.717, 1.165) is 31.6 Å². The molecule has 0 bridgehead atoms. The molecule has 0 atom stereocenters. The number of ether oxygens (including phenoxy) is 1. The van der Waals surface area contributed by atoms with Crippen LogP contribution in [0.3, 0.4) is 0 Å². The Kier molecular flexibility index (Phi) is 5.22. The SMILES string of the molecule is FC(F)(F)Oc1ccc(Nc2cc(N3CCCCC3)cc(Cl)n2)cc1. The highest BCUT2D eigenvalue weighted by Crippen LogP contribution is 2.28. The standard InChI is InChI=1S/C17H17ClF3N3O/c18-15-10-13(24-8-2-1-3-9-24)11-16(23-15)22-12-4-6-14(7-5-12)25-17(19,20)21/h4-7,10-11H,1-3,8-9H2,(H,22,23). The van der Waals surface area contributed by atoms with Gasteiger partial charge in [0.1, 0.15) is 16.7 Å². The van der Waals surface area contributed by atoms with Crippen molar-refractivity contribution >= 4 is 28.8 Å². The molecule has 0 amide bonds. The van der Waals surface area contributed by atoms with E-state index in [-0.39, 0.29) is 5.75 Å². The van der Waals surface area contributed by atoms with Gasteiger partial charge in [0.2, 0.25) is 0 Å². The predicted octanol–water partition coefficient (Wildman–Crippen LogP) is 5.37. The molecule has 3 rings (SSSR count). The zero-order valence-electron chi connectivity index (χ0n) is 13.3. The van der Waals surface area contributed by atoms with Gasteiger partial charge in [-0.2, -0.15) is 0 Å². The van der Waals surface area contributed by atoms with E-state index < -0.39 is 6.36 Å². The number of pyridine rings is 1. The van der Waals surface area contributed by atoms with E-state index in [1.54, 1.807) is 0 Å². The monoisotopic (exact) mass is 371 g/mol. The molecule has 0 unspecified atom stereocenters. The largest absolute Gasteiger partial charge is 0.573 e. The zero-order valence-corrected chi connectivity index (χ0v) is 14.1. The van der Waals surface area contributed by atoms with Gasteiger partial charge in [0.15, 0.2) is 0 Å². The minimum atomic E-state index is -4.70. The van der Waals surface area contributed by atoms with Gasteiger partial charge in [-0.05, 0) is 49.6 Å². The second-order valence-electron chi connectivity index (χ2n) is 5.78. The number of anilines is 3. The van der Waals surface area contributed by atoms with Gasteiger partial charge in [0, 0.05) is 30.5 Å². The lowest BCUT2D eigenvalue weighted by molar-refractivity contribution is -0.274. The van der Waals surface area contributed by atoms with Crippen LogP contribution < -0.4 is 15.0 Å². The molecule has 8 heteroatoms. The van der Waals surface area contributed by atoms with Crippen molar-refractivity contribution in [2.75, 3.05) is 23.3 Å². The van der Waals surface area contributed by atoms with Gasteiger partial charge in [-0.15, -0.1) is 13.2 Å². The van der Waals surface area contributed by atoms with E-state index in [0.29, 0.717) is 16.7 Å². The molecule has 25 heavy (non-hydrogen) atoms. The summed E-state index contributed by atoms with van der Waals surface area (Å²) in [6.45, 7) is 1.95. The molecule has 1 N–H and O–H groups in total. The van der Waals surface area contributed by atoms with Crippen molar-refractivity contribution in [3.63, 3.8) is 0 Å². The van der Waals surface area contributed by atoms with Gasteiger partial charge in [-0.3, -0.25) is 0 Å². The summed E-state index contributed by atoms with van der Waals surface area (Å²) in [5, 5.41) is 3.42. The first kappa shape index (κ1) is 17.7. The van der Waals surface area contributed by atoms with Crippen LogP contribution >= 0.6 is 11.6 Å². The van der Waals surface area contributed by atoms with Crippen molar-refractivity contribution in [1.82, 2.24) is 4.98 Å². The highest BCUT2D eigenvalue weighted by atomic mass is 35.5. The Balaban J connectivity index is 1.72. The number of nitrogens with zero attached hydrogens (tertiary/aromatic N) is 2. The van der Waals surface area contributed by atoms with Gasteiger partial charge in [0.05, 0.1) is 0 Å². The summed E-state index contributed by atoms with van der Waals surface area (Å²) in [6, 6.07) is 9.17. The number of aromatic nitrogens is 1. The number of hydrogen-bond acceptors (Lipinski definition) is 4. The lowest BCUT2D eigenvalue weighted by Gasteiger charge is -2.29. The maximum atomic E-state index is 12.2. The maximum absolute atomic E-state index is 12.2. The van der Waals surface area contributed by atoms with E-state index in [4.69, 9.17) is 11.6 Å².